The summed E-state index contributed by atoms with van der Waals surface area (Å²) in [5.74, 6) is 0.0292. The summed E-state index contributed by atoms with van der Waals surface area (Å²) in [6.45, 7) is 6.06. The Morgan fingerprint density at radius 2 is 1.76 bits per heavy atom. The summed E-state index contributed by atoms with van der Waals surface area (Å²) in [6, 6.07) is 13.8. The second kappa shape index (κ2) is 11.6. The number of anilines is 1. The van der Waals surface area contributed by atoms with Crippen molar-refractivity contribution < 1.29 is 9.59 Å². The maximum atomic E-state index is 13.2. The Hall–Kier alpha value is -3.52. The highest BCUT2D eigenvalue weighted by Gasteiger charge is 2.21. The molecule has 0 N–H and O–H groups in total. The van der Waals surface area contributed by atoms with Crippen molar-refractivity contribution in [2.24, 2.45) is 0 Å². The lowest BCUT2D eigenvalue weighted by Crippen LogP contribution is -2.39. The molecule has 4 rings (SSSR count). The number of fused-ring (bicyclic) bond motifs is 1. The van der Waals surface area contributed by atoms with E-state index < -0.39 is 0 Å². The zero-order chi connectivity index (χ0) is 23.8. The Bertz CT molecular complexity index is 1070. The minimum Gasteiger partial charge on any atom is -0.337 e. The maximum absolute atomic E-state index is 13.2. The molecule has 0 atom stereocenters. The molecule has 178 valence electrons. The molecule has 34 heavy (non-hydrogen) atoms. The molecule has 2 aromatic heterocycles. The van der Waals surface area contributed by atoms with Crippen LogP contribution in [0.4, 0.5) is 5.69 Å². The molecular formula is C26H32N6O2. The third-order valence-corrected chi connectivity index (χ3v) is 6.12. The van der Waals surface area contributed by atoms with E-state index in [0.29, 0.717) is 19.6 Å². The predicted molar refractivity (Wildman–Crippen MR) is 131 cm³/mol. The zero-order valence-electron chi connectivity index (χ0n) is 19.7. The summed E-state index contributed by atoms with van der Waals surface area (Å²) in [4.78, 5) is 36.2. The van der Waals surface area contributed by atoms with E-state index in [2.05, 4.69) is 21.0 Å². The molecule has 8 heteroatoms. The number of benzene rings is 1. The standard InChI is InChI=1S/C26H32N6O2/c1-22(33)32-17-7-14-29(19-23-8-4-11-27-18-23)13-6-15-30(20-24-9-2-3-10-25(24)32)26(34)21-31-16-5-12-28-31/h2-5,8-12,16,18H,6-7,13-15,17,19-21H2,1H3. The molecule has 3 aromatic rings. The fourth-order valence-corrected chi connectivity index (χ4v) is 4.44. The third-order valence-electron chi connectivity index (χ3n) is 6.12. The summed E-state index contributed by atoms with van der Waals surface area (Å²) in [7, 11) is 0. The first kappa shape index (κ1) is 23.6. The van der Waals surface area contributed by atoms with Crippen LogP contribution in [0.2, 0.25) is 0 Å². The number of carbonyl (C=O) groups is 2. The smallest absolute Gasteiger partial charge is 0.244 e. The van der Waals surface area contributed by atoms with Crippen molar-refractivity contribution in [1.82, 2.24) is 24.6 Å². The topological polar surface area (TPSA) is 74.6 Å². The SMILES string of the molecule is CC(=O)N1CCCN(Cc2cccnc2)CCCN(C(=O)Cn2cccn2)Cc2ccccc21. The number of para-hydroxylation sites is 1. The van der Waals surface area contributed by atoms with Gasteiger partial charge in [0.25, 0.3) is 0 Å². The summed E-state index contributed by atoms with van der Waals surface area (Å²) >= 11 is 0. The number of amides is 2. The predicted octanol–water partition coefficient (Wildman–Crippen LogP) is 2.96. The lowest BCUT2D eigenvalue weighted by molar-refractivity contribution is -0.132. The van der Waals surface area contributed by atoms with Crippen LogP contribution in [0, 0.1) is 0 Å². The van der Waals surface area contributed by atoms with Crippen LogP contribution in [0.5, 0.6) is 0 Å². The second-order valence-electron chi connectivity index (χ2n) is 8.66. The first-order valence-corrected chi connectivity index (χ1v) is 11.8. The van der Waals surface area contributed by atoms with E-state index in [1.807, 2.05) is 52.4 Å². The molecule has 0 fully saturated rings. The highest BCUT2D eigenvalue weighted by molar-refractivity contribution is 5.92. The van der Waals surface area contributed by atoms with E-state index in [9.17, 15) is 9.59 Å². The summed E-state index contributed by atoms with van der Waals surface area (Å²) in [5, 5.41) is 4.19. The molecule has 0 unspecified atom stereocenters. The van der Waals surface area contributed by atoms with Gasteiger partial charge in [0.05, 0.1) is 0 Å². The van der Waals surface area contributed by atoms with Crippen LogP contribution >= 0.6 is 0 Å². The molecule has 1 aromatic carbocycles. The quantitative estimate of drug-likeness (QED) is 0.599. The van der Waals surface area contributed by atoms with Crippen LogP contribution in [0.3, 0.4) is 0 Å². The largest absolute Gasteiger partial charge is 0.337 e. The van der Waals surface area contributed by atoms with E-state index in [4.69, 9.17) is 0 Å². The number of carbonyl (C=O) groups excluding carboxylic acids is 2. The molecule has 8 nitrogen and oxygen atoms in total. The highest BCUT2D eigenvalue weighted by Crippen LogP contribution is 2.24. The third kappa shape index (κ3) is 6.29. The van der Waals surface area contributed by atoms with Crippen molar-refractivity contribution in [3.8, 4) is 0 Å². The molecule has 3 heterocycles. The van der Waals surface area contributed by atoms with Crippen molar-refractivity contribution >= 4 is 17.5 Å². The fourth-order valence-electron chi connectivity index (χ4n) is 4.44. The van der Waals surface area contributed by atoms with E-state index >= 15 is 0 Å². The fraction of sp³-hybridized carbons (Fsp3) is 0.385. The molecule has 0 bridgehead atoms. The molecule has 0 saturated heterocycles. The lowest BCUT2D eigenvalue weighted by atomic mass is 10.1. The molecule has 0 spiro atoms. The van der Waals surface area contributed by atoms with Crippen molar-refractivity contribution in [2.45, 2.75) is 39.4 Å². The average Bonchev–Trinajstić information content (AvgIpc) is 3.34. The van der Waals surface area contributed by atoms with Gasteiger partial charge in [-0.05, 0) is 42.2 Å². The molecular weight excluding hydrogens is 428 g/mol. The van der Waals surface area contributed by atoms with Gasteiger partial charge in [0.2, 0.25) is 11.8 Å². The number of hydrogen-bond donors (Lipinski definition) is 0. The molecule has 1 aliphatic heterocycles. The van der Waals surface area contributed by atoms with E-state index in [1.165, 1.54) is 0 Å². The van der Waals surface area contributed by atoms with Crippen molar-refractivity contribution in [1.29, 1.82) is 0 Å². The Balaban J connectivity index is 1.58. The Morgan fingerprint density at radius 3 is 2.50 bits per heavy atom. The van der Waals surface area contributed by atoms with Gasteiger partial charge < -0.3 is 9.80 Å². The average molecular weight is 461 g/mol. The maximum Gasteiger partial charge on any atom is 0.244 e. The molecule has 0 aliphatic carbocycles. The molecule has 1 aliphatic rings. The Labute approximate surface area is 200 Å². The number of nitrogens with zero attached hydrogens (tertiary/aromatic N) is 6. The van der Waals surface area contributed by atoms with Gasteiger partial charge in [0, 0.05) is 76.7 Å². The van der Waals surface area contributed by atoms with Crippen LogP contribution in [0.1, 0.15) is 30.9 Å². The van der Waals surface area contributed by atoms with Crippen LogP contribution in [0.25, 0.3) is 0 Å². The monoisotopic (exact) mass is 460 g/mol. The second-order valence-corrected chi connectivity index (χ2v) is 8.66. The van der Waals surface area contributed by atoms with Crippen LogP contribution in [-0.4, -0.2) is 62.6 Å². The Morgan fingerprint density at radius 1 is 0.941 bits per heavy atom. The van der Waals surface area contributed by atoms with Gasteiger partial charge in [0.15, 0.2) is 0 Å². The highest BCUT2D eigenvalue weighted by atomic mass is 16.2. The first-order valence-electron chi connectivity index (χ1n) is 11.8. The normalized spacial score (nSPS) is 15.8. The van der Waals surface area contributed by atoms with E-state index in [0.717, 1.165) is 49.3 Å². The van der Waals surface area contributed by atoms with Crippen molar-refractivity contribution in [3.63, 3.8) is 0 Å². The van der Waals surface area contributed by atoms with Gasteiger partial charge in [0.1, 0.15) is 6.54 Å². The number of aromatic nitrogens is 3. The molecule has 2 amide bonds. The molecule has 0 saturated carbocycles. The van der Waals surface area contributed by atoms with Crippen LogP contribution in [0.15, 0.2) is 67.3 Å². The minimum atomic E-state index is 0.0118. The van der Waals surface area contributed by atoms with Gasteiger partial charge in [-0.2, -0.15) is 5.10 Å². The Kier molecular flexibility index (Phi) is 8.04. The number of hydrogen-bond acceptors (Lipinski definition) is 5. The van der Waals surface area contributed by atoms with Crippen LogP contribution in [-0.2, 0) is 29.2 Å². The van der Waals surface area contributed by atoms with Gasteiger partial charge in [-0.1, -0.05) is 24.3 Å². The van der Waals surface area contributed by atoms with Gasteiger partial charge in [-0.3, -0.25) is 24.2 Å². The molecule has 0 radical (unpaired) electrons. The van der Waals surface area contributed by atoms with Gasteiger partial charge >= 0.3 is 0 Å². The minimum absolute atomic E-state index is 0.0118. The van der Waals surface area contributed by atoms with Crippen LogP contribution < -0.4 is 4.90 Å². The summed E-state index contributed by atoms with van der Waals surface area (Å²) < 4.78 is 1.65. The number of pyridine rings is 1. The van der Waals surface area contributed by atoms with Gasteiger partial charge in [-0.15, -0.1) is 0 Å². The van der Waals surface area contributed by atoms with E-state index in [-0.39, 0.29) is 18.4 Å². The van der Waals surface area contributed by atoms with Gasteiger partial charge in [-0.25, -0.2) is 0 Å². The van der Waals surface area contributed by atoms with Crippen molar-refractivity contribution in [2.75, 3.05) is 31.1 Å². The van der Waals surface area contributed by atoms with Crippen molar-refractivity contribution in [3.05, 3.63) is 78.4 Å². The lowest BCUT2D eigenvalue weighted by Gasteiger charge is -2.31. The zero-order valence-corrected chi connectivity index (χ0v) is 19.7. The number of rotatable bonds is 4. The summed E-state index contributed by atoms with van der Waals surface area (Å²) in [6.07, 6.45) is 8.90. The summed E-state index contributed by atoms with van der Waals surface area (Å²) in [5.41, 5.74) is 3.03. The first-order chi connectivity index (χ1) is 16.6. The van der Waals surface area contributed by atoms with E-state index in [1.54, 1.807) is 30.2 Å².